The molecule has 1 aliphatic heterocycles. The van der Waals surface area contributed by atoms with Crippen molar-refractivity contribution in [2.75, 3.05) is 37.0 Å². The van der Waals surface area contributed by atoms with Gasteiger partial charge in [-0.25, -0.2) is 13.8 Å². The Balaban J connectivity index is 1.66. The predicted octanol–water partition coefficient (Wildman–Crippen LogP) is 5.86. The maximum atomic E-state index is 14.0. The zero-order chi connectivity index (χ0) is 26.5. The molecule has 2 aromatic rings. The van der Waals surface area contributed by atoms with Crippen molar-refractivity contribution >= 4 is 40.6 Å². The Morgan fingerprint density at radius 3 is 2.64 bits per heavy atom. The first-order chi connectivity index (χ1) is 17.1. The average molecular weight is 540 g/mol. The number of hydrogen-bond acceptors (Lipinski definition) is 7. The van der Waals surface area contributed by atoms with Crippen molar-refractivity contribution in [1.29, 1.82) is 5.41 Å². The third-order valence-electron chi connectivity index (χ3n) is 5.81. The zero-order valence-electron chi connectivity index (χ0n) is 20.0. The molecule has 2 heterocycles. The van der Waals surface area contributed by atoms with Crippen LogP contribution in [0.2, 0.25) is 10.0 Å². The Labute approximate surface area is 219 Å². The summed E-state index contributed by atoms with van der Waals surface area (Å²) in [6.45, 7) is 6.19. The van der Waals surface area contributed by atoms with E-state index in [1.807, 2.05) is 11.0 Å². The number of alkyl halides is 2. The van der Waals surface area contributed by atoms with E-state index >= 15 is 0 Å². The number of pyridine rings is 1. The third kappa shape index (κ3) is 6.53. The fourth-order valence-corrected chi connectivity index (χ4v) is 4.38. The molecule has 11 heteroatoms. The molecular formula is C25H29Cl2F2N5O2. The molecule has 0 aliphatic carbocycles. The maximum absolute atomic E-state index is 14.0. The number of rotatable bonds is 10. The van der Waals surface area contributed by atoms with Gasteiger partial charge in [-0.15, -0.1) is 0 Å². The number of hydrogen-bond donors (Lipinski definition) is 4. The lowest BCUT2D eigenvalue weighted by Crippen LogP contribution is -2.30. The molecule has 0 amide bonds. The smallest absolute Gasteiger partial charge is 0.274 e. The Kier molecular flexibility index (Phi) is 9.30. The van der Waals surface area contributed by atoms with Crippen molar-refractivity contribution in [3.8, 4) is 0 Å². The summed E-state index contributed by atoms with van der Waals surface area (Å²) in [5.74, 6) is -2.63. The number of benzene rings is 1. The van der Waals surface area contributed by atoms with Crippen LogP contribution in [0.15, 0.2) is 54.4 Å². The summed E-state index contributed by atoms with van der Waals surface area (Å²) in [7, 11) is 1.66. The minimum absolute atomic E-state index is 0.00623. The zero-order valence-corrected chi connectivity index (χ0v) is 21.6. The number of aliphatic hydroxyl groups is 1. The molecule has 194 valence electrons. The Morgan fingerprint density at radius 1 is 1.33 bits per heavy atom. The van der Waals surface area contributed by atoms with Crippen LogP contribution < -0.4 is 15.5 Å². The molecule has 1 atom stereocenters. The minimum atomic E-state index is -2.97. The number of nitrogens with one attached hydrogen (secondary N) is 3. The van der Waals surface area contributed by atoms with Crippen LogP contribution in [0, 0.1) is 5.41 Å². The van der Waals surface area contributed by atoms with Crippen molar-refractivity contribution in [2.45, 2.75) is 31.9 Å². The number of aliphatic hydroxyl groups excluding tert-OH is 1. The van der Waals surface area contributed by atoms with E-state index in [1.54, 1.807) is 25.4 Å². The van der Waals surface area contributed by atoms with Gasteiger partial charge in [-0.2, -0.15) is 0 Å². The topological polar surface area (TPSA) is 93.5 Å². The van der Waals surface area contributed by atoms with Gasteiger partial charge in [0.1, 0.15) is 12.4 Å². The van der Waals surface area contributed by atoms with Crippen LogP contribution in [0.1, 0.15) is 37.1 Å². The van der Waals surface area contributed by atoms with E-state index in [4.69, 9.17) is 38.5 Å². The van der Waals surface area contributed by atoms with E-state index in [1.165, 1.54) is 19.1 Å². The van der Waals surface area contributed by atoms with Gasteiger partial charge in [-0.3, -0.25) is 10.7 Å². The first kappa shape index (κ1) is 27.9. The average Bonchev–Trinajstić information content (AvgIpc) is 2.87. The molecule has 1 aromatic carbocycles. The number of anilines is 2. The molecule has 0 saturated carbocycles. The van der Waals surface area contributed by atoms with Gasteiger partial charge in [0.15, 0.2) is 6.23 Å². The van der Waals surface area contributed by atoms with Crippen LogP contribution in [-0.2, 0) is 10.7 Å². The van der Waals surface area contributed by atoms with Crippen LogP contribution in [0.5, 0.6) is 0 Å². The number of ether oxygens (including phenoxy) is 1. The molecular weight excluding hydrogens is 511 g/mol. The number of allylic oxidation sites excluding steroid dienone is 1. The second-order valence-electron chi connectivity index (χ2n) is 8.22. The third-order valence-corrected chi connectivity index (χ3v) is 6.40. The number of nitrogens with zero attached hydrogens (tertiary/aromatic N) is 2. The first-order valence-electron chi connectivity index (χ1n) is 11.3. The SMILES string of the molecule is C=C(Nc1ccc(C(F)(F)CC)c(Cl)c1)C1=CCN(c2ncc(C(NC)OC(=N)CO)cc2Cl)CC1. The summed E-state index contributed by atoms with van der Waals surface area (Å²) in [5, 5.41) is 23.0. The molecule has 36 heavy (non-hydrogen) atoms. The molecule has 0 saturated heterocycles. The molecule has 7 nitrogen and oxygen atoms in total. The molecule has 0 fully saturated rings. The fourth-order valence-electron chi connectivity index (χ4n) is 3.76. The van der Waals surface area contributed by atoms with Gasteiger partial charge >= 0.3 is 0 Å². The molecule has 0 bridgehead atoms. The van der Waals surface area contributed by atoms with Crippen molar-refractivity contribution in [3.63, 3.8) is 0 Å². The van der Waals surface area contributed by atoms with Gasteiger partial charge in [0.2, 0.25) is 5.90 Å². The van der Waals surface area contributed by atoms with Crippen molar-refractivity contribution in [1.82, 2.24) is 10.3 Å². The first-order valence-corrected chi connectivity index (χ1v) is 12.1. The molecule has 1 aromatic heterocycles. The molecule has 4 N–H and O–H groups in total. The monoisotopic (exact) mass is 539 g/mol. The quantitative estimate of drug-likeness (QED) is 0.172. The molecule has 0 spiro atoms. The number of halogens is 4. The highest BCUT2D eigenvalue weighted by atomic mass is 35.5. The van der Waals surface area contributed by atoms with Crippen molar-refractivity contribution in [3.05, 3.63) is 75.6 Å². The van der Waals surface area contributed by atoms with Gasteiger partial charge < -0.3 is 20.1 Å². The van der Waals surface area contributed by atoms with E-state index in [0.29, 0.717) is 47.3 Å². The minimum Gasteiger partial charge on any atom is -0.456 e. The van der Waals surface area contributed by atoms with Crippen LogP contribution in [0.3, 0.4) is 0 Å². The summed E-state index contributed by atoms with van der Waals surface area (Å²) < 4.78 is 33.3. The van der Waals surface area contributed by atoms with Crippen LogP contribution in [0.25, 0.3) is 0 Å². The predicted molar refractivity (Wildman–Crippen MR) is 140 cm³/mol. The summed E-state index contributed by atoms with van der Waals surface area (Å²) in [6.07, 6.45) is 3.30. The van der Waals surface area contributed by atoms with Crippen LogP contribution >= 0.6 is 23.2 Å². The molecule has 0 radical (unpaired) electrons. The normalized spacial score (nSPS) is 14.8. The van der Waals surface area contributed by atoms with Gasteiger partial charge in [-0.1, -0.05) is 42.8 Å². The Hall–Kier alpha value is -2.72. The van der Waals surface area contributed by atoms with E-state index in [9.17, 15) is 8.78 Å². The van der Waals surface area contributed by atoms with Crippen molar-refractivity contribution < 1.29 is 18.6 Å². The molecule has 3 rings (SSSR count). The lowest BCUT2D eigenvalue weighted by molar-refractivity contribution is -0.00815. The van der Waals surface area contributed by atoms with Gasteiger partial charge in [0.25, 0.3) is 5.92 Å². The standard InChI is InChI=1S/C25H29Cl2F2N5O2/c1-4-25(28,29)19-6-5-18(12-20(19)26)33-15(2)16-7-9-34(10-8-16)23-21(27)11-17(13-32-23)24(31-3)36-22(30)14-35/h5-7,11-13,24,30-31,33,35H,2,4,8-10,14H2,1,3H3. The second kappa shape index (κ2) is 12.0. The Morgan fingerprint density at radius 2 is 2.08 bits per heavy atom. The summed E-state index contributed by atoms with van der Waals surface area (Å²) >= 11 is 12.6. The van der Waals surface area contributed by atoms with E-state index < -0.39 is 18.8 Å². The fraction of sp³-hybridized carbons (Fsp3) is 0.360. The summed E-state index contributed by atoms with van der Waals surface area (Å²) in [5.41, 5.74) is 2.67. The highest BCUT2D eigenvalue weighted by Gasteiger charge is 2.31. The summed E-state index contributed by atoms with van der Waals surface area (Å²) in [6, 6.07) is 6.11. The van der Waals surface area contributed by atoms with Crippen molar-refractivity contribution in [2.24, 2.45) is 0 Å². The summed E-state index contributed by atoms with van der Waals surface area (Å²) in [4.78, 5) is 6.50. The van der Waals surface area contributed by atoms with E-state index in [0.717, 1.165) is 5.57 Å². The van der Waals surface area contributed by atoms with E-state index in [2.05, 4.69) is 22.2 Å². The maximum Gasteiger partial charge on any atom is 0.274 e. The van der Waals surface area contributed by atoms with Gasteiger partial charge in [0, 0.05) is 48.2 Å². The molecule has 1 aliphatic rings. The highest BCUT2D eigenvalue weighted by molar-refractivity contribution is 6.33. The highest BCUT2D eigenvalue weighted by Crippen LogP contribution is 2.37. The Bertz CT molecular complexity index is 1160. The largest absolute Gasteiger partial charge is 0.456 e. The van der Waals surface area contributed by atoms with E-state index in [-0.39, 0.29) is 22.9 Å². The lowest BCUT2D eigenvalue weighted by Gasteiger charge is -2.29. The van der Waals surface area contributed by atoms with Crippen LogP contribution in [-0.4, -0.2) is 42.7 Å². The van der Waals surface area contributed by atoms with Gasteiger partial charge in [-0.05, 0) is 43.3 Å². The van der Waals surface area contributed by atoms with Gasteiger partial charge in [0.05, 0.1) is 10.0 Å². The molecule has 1 unspecified atom stereocenters. The number of aromatic nitrogens is 1. The second-order valence-corrected chi connectivity index (χ2v) is 9.04. The lowest BCUT2D eigenvalue weighted by atomic mass is 10.0. The van der Waals surface area contributed by atoms with Crippen LogP contribution in [0.4, 0.5) is 20.3 Å².